The van der Waals surface area contributed by atoms with Gasteiger partial charge < -0.3 is 9.84 Å². The SMILES string of the molecule is COC(=O)[C@@H](C)n1c(O)c(/C=C2\C=Nc3ccccc32)sc1=O. The number of methoxy groups -OCH3 is 1. The monoisotopic (exact) mass is 330 g/mol. The molecule has 0 bridgehead atoms. The van der Waals surface area contributed by atoms with E-state index in [4.69, 9.17) is 0 Å². The molecule has 1 atom stereocenters. The lowest BCUT2D eigenvalue weighted by atomic mass is 10.1. The Labute approximate surface area is 136 Å². The molecule has 2 heterocycles. The number of carbonyl (C=O) groups is 1. The topological polar surface area (TPSA) is 80.9 Å². The summed E-state index contributed by atoms with van der Waals surface area (Å²) in [5.41, 5.74) is 2.57. The third-order valence-corrected chi connectivity index (χ3v) is 4.51. The first-order valence-corrected chi connectivity index (χ1v) is 7.72. The molecule has 6 nitrogen and oxygen atoms in total. The molecule has 0 spiro atoms. The fourth-order valence-electron chi connectivity index (χ4n) is 2.40. The van der Waals surface area contributed by atoms with Crippen LogP contribution in [0.2, 0.25) is 0 Å². The van der Waals surface area contributed by atoms with Crippen molar-refractivity contribution in [1.82, 2.24) is 4.57 Å². The second kappa shape index (κ2) is 5.85. The van der Waals surface area contributed by atoms with E-state index in [0.717, 1.165) is 32.7 Å². The molecule has 0 radical (unpaired) electrons. The predicted molar refractivity (Wildman–Crippen MR) is 89.4 cm³/mol. The van der Waals surface area contributed by atoms with E-state index in [-0.39, 0.29) is 5.88 Å². The molecule has 0 aliphatic carbocycles. The number of hydrogen-bond acceptors (Lipinski definition) is 6. The van der Waals surface area contributed by atoms with Crippen molar-refractivity contribution in [3.05, 3.63) is 44.4 Å². The fraction of sp³-hybridized carbons (Fsp3) is 0.188. The highest BCUT2D eigenvalue weighted by molar-refractivity contribution is 7.10. The van der Waals surface area contributed by atoms with E-state index in [1.807, 2.05) is 24.3 Å². The van der Waals surface area contributed by atoms with Crippen molar-refractivity contribution in [1.29, 1.82) is 0 Å². The van der Waals surface area contributed by atoms with Crippen LogP contribution in [0, 0.1) is 0 Å². The van der Waals surface area contributed by atoms with Gasteiger partial charge in [0, 0.05) is 17.4 Å². The fourth-order valence-corrected chi connectivity index (χ4v) is 3.31. The largest absolute Gasteiger partial charge is 0.493 e. The number of benzene rings is 1. The third-order valence-electron chi connectivity index (χ3n) is 3.62. The molecule has 23 heavy (non-hydrogen) atoms. The molecule has 0 saturated heterocycles. The molecule has 1 aliphatic rings. The van der Waals surface area contributed by atoms with Crippen molar-refractivity contribution in [2.75, 3.05) is 7.11 Å². The number of aliphatic imine (C=N–C) groups is 1. The summed E-state index contributed by atoms with van der Waals surface area (Å²) in [4.78, 5) is 27.9. The highest BCUT2D eigenvalue weighted by Gasteiger charge is 2.24. The van der Waals surface area contributed by atoms with Crippen LogP contribution in [0.5, 0.6) is 5.88 Å². The van der Waals surface area contributed by atoms with Crippen molar-refractivity contribution in [2.45, 2.75) is 13.0 Å². The number of ether oxygens (including phenoxy) is 1. The number of carbonyl (C=O) groups excluding carboxylic acids is 1. The highest BCUT2D eigenvalue weighted by atomic mass is 32.1. The van der Waals surface area contributed by atoms with Gasteiger partial charge in [-0.25, -0.2) is 4.79 Å². The maximum Gasteiger partial charge on any atom is 0.328 e. The lowest BCUT2D eigenvalue weighted by Gasteiger charge is -2.10. The molecule has 1 aromatic heterocycles. The number of thiazole rings is 1. The molecule has 7 heteroatoms. The summed E-state index contributed by atoms with van der Waals surface area (Å²) in [6, 6.07) is 6.71. The molecule has 0 amide bonds. The van der Waals surface area contributed by atoms with Crippen molar-refractivity contribution >= 4 is 40.9 Å². The first kappa shape index (κ1) is 15.2. The standard InChI is InChI=1S/C16H14N2O4S/c1-9(15(20)22-2)18-14(19)13(23-16(18)21)7-10-8-17-12-6-4-3-5-11(10)12/h3-9,19H,1-2H3/b10-7+/t9-/m1/s1. The minimum atomic E-state index is -0.888. The van der Waals surface area contributed by atoms with E-state index in [1.165, 1.54) is 14.0 Å². The molecular weight excluding hydrogens is 316 g/mol. The summed E-state index contributed by atoms with van der Waals surface area (Å²) in [6.07, 6.45) is 3.37. The number of nitrogens with zero attached hydrogens (tertiary/aromatic N) is 2. The predicted octanol–water partition coefficient (Wildman–Crippen LogP) is 2.61. The molecule has 0 fully saturated rings. The van der Waals surface area contributed by atoms with Crippen LogP contribution in [0.3, 0.4) is 0 Å². The van der Waals surface area contributed by atoms with Crippen LogP contribution in [0.15, 0.2) is 34.1 Å². The second-order valence-electron chi connectivity index (χ2n) is 5.00. The van der Waals surface area contributed by atoms with E-state index in [9.17, 15) is 14.7 Å². The molecule has 1 aliphatic heterocycles. The van der Waals surface area contributed by atoms with Crippen LogP contribution >= 0.6 is 11.3 Å². The summed E-state index contributed by atoms with van der Waals surface area (Å²) in [5.74, 6) is -0.838. The smallest absolute Gasteiger partial charge is 0.328 e. The molecule has 3 rings (SSSR count). The number of hydrogen-bond donors (Lipinski definition) is 1. The van der Waals surface area contributed by atoms with Gasteiger partial charge in [0.25, 0.3) is 0 Å². The number of fused-ring (bicyclic) bond motifs is 1. The van der Waals surface area contributed by atoms with Gasteiger partial charge >= 0.3 is 10.8 Å². The minimum Gasteiger partial charge on any atom is -0.493 e. The van der Waals surface area contributed by atoms with E-state index < -0.39 is 16.9 Å². The Hall–Kier alpha value is -2.67. The van der Waals surface area contributed by atoms with Gasteiger partial charge in [-0.3, -0.25) is 14.4 Å². The Morgan fingerprint density at radius 1 is 1.43 bits per heavy atom. The molecule has 1 aromatic carbocycles. The van der Waals surface area contributed by atoms with E-state index in [2.05, 4.69) is 9.73 Å². The van der Waals surface area contributed by atoms with Crippen molar-refractivity contribution in [3.8, 4) is 5.88 Å². The molecule has 1 N–H and O–H groups in total. The average Bonchev–Trinajstić information content (AvgIpc) is 3.08. The summed E-state index contributed by atoms with van der Waals surface area (Å²) in [6.45, 7) is 1.50. The molecule has 0 unspecified atom stereocenters. The van der Waals surface area contributed by atoms with Crippen molar-refractivity contribution < 1.29 is 14.6 Å². The molecule has 118 valence electrons. The van der Waals surface area contributed by atoms with E-state index in [0.29, 0.717) is 4.88 Å². The first-order valence-electron chi connectivity index (χ1n) is 6.90. The van der Waals surface area contributed by atoms with Crippen LogP contribution in [-0.4, -0.2) is 29.0 Å². The quantitative estimate of drug-likeness (QED) is 0.877. The zero-order valence-electron chi connectivity index (χ0n) is 12.5. The average molecular weight is 330 g/mol. The molecule has 2 aromatic rings. The Balaban J connectivity index is 2.04. The number of para-hydroxylation sites is 1. The Morgan fingerprint density at radius 3 is 2.91 bits per heavy atom. The zero-order chi connectivity index (χ0) is 16.6. The van der Waals surface area contributed by atoms with Gasteiger partial charge in [-0.15, -0.1) is 0 Å². The van der Waals surface area contributed by atoms with Gasteiger partial charge in [-0.2, -0.15) is 0 Å². The Kier molecular flexibility index (Phi) is 3.87. The number of aromatic nitrogens is 1. The summed E-state index contributed by atoms with van der Waals surface area (Å²) in [5, 5.41) is 10.3. The number of esters is 1. The molecular formula is C16H14N2O4S. The number of rotatable bonds is 3. The normalized spacial score (nSPS) is 15.7. The van der Waals surface area contributed by atoms with E-state index in [1.54, 1.807) is 12.3 Å². The number of aromatic hydroxyl groups is 1. The van der Waals surface area contributed by atoms with Gasteiger partial charge in [0.2, 0.25) is 5.88 Å². The van der Waals surface area contributed by atoms with Crippen molar-refractivity contribution in [3.63, 3.8) is 0 Å². The van der Waals surface area contributed by atoms with Crippen LogP contribution in [-0.2, 0) is 9.53 Å². The van der Waals surface area contributed by atoms with E-state index >= 15 is 0 Å². The van der Waals surface area contributed by atoms with Crippen LogP contribution in [0.1, 0.15) is 23.4 Å². The zero-order valence-corrected chi connectivity index (χ0v) is 13.3. The summed E-state index contributed by atoms with van der Waals surface area (Å²) in [7, 11) is 1.24. The maximum atomic E-state index is 12.1. The minimum absolute atomic E-state index is 0.247. The van der Waals surface area contributed by atoms with Crippen LogP contribution < -0.4 is 4.87 Å². The summed E-state index contributed by atoms with van der Waals surface area (Å²) < 4.78 is 5.65. The van der Waals surface area contributed by atoms with Gasteiger partial charge in [-0.05, 0) is 19.1 Å². The summed E-state index contributed by atoms with van der Waals surface area (Å²) >= 11 is 0.870. The number of allylic oxidation sites excluding steroid dienone is 1. The Morgan fingerprint density at radius 2 is 2.17 bits per heavy atom. The maximum absolute atomic E-state index is 12.1. The molecule has 0 saturated carbocycles. The van der Waals surface area contributed by atoms with Gasteiger partial charge in [0.05, 0.1) is 17.7 Å². The first-order chi connectivity index (χ1) is 11.0. The van der Waals surface area contributed by atoms with Gasteiger partial charge in [0.1, 0.15) is 6.04 Å². The Bertz CT molecular complexity index is 892. The van der Waals surface area contributed by atoms with Crippen molar-refractivity contribution in [2.24, 2.45) is 4.99 Å². The van der Waals surface area contributed by atoms with Gasteiger partial charge in [0.15, 0.2) is 0 Å². The second-order valence-corrected chi connectivity index (χ2v) is 5.99. The highest BCUT2D eigenvalue weighted by Crippen LogP contribution is 2.34. The van der Waals surface area contributed by atoms with Gasteiger partial charge in [-0.1, -0.05) is 29.5 Å². The lowest BCUT2D eigenvalue weighted by Crippen LogP contribution is -2.24. The third kappa shape index (κ3) is 2.59. The van der Waals surface area contributed by atoms with Crippen LogP contribution in [0.4, 0.5) is 5.69 Å². The van der Waals surface area contributed by atoms with Crippen LogP contribution in [0.25, 0.3) is 11.6 Å². The lowest BCUT2D eigenvalue weighted by molar-refractivity contribution is -0.144.